The van der Waals surface area contributed by atoms with Crippen LogP contribution in [0.2, 0.25) is 0 Å². The maximum Gasteiger partial charge on any atom is 0.134 e. The third-order valence-electron chi connectivity index (χ3n) is 4.37. The highest BCUT2D eigenvalue weighted by Gasteiger charge is 2.25. The van der Waals surface area contributed by atoms with Crippen LogP contribution in [-0.2, 0) is 6.42 Å². The van der Waals surface area contributed by atoms with Gasteiger partial charge >= 0.3 is 0 Å². The summed E-state index contributed by atoms with van der Waals surface area (Å²) in [7, 11) is 0. The molecule has 3 N–H and O–H groups in total. The maximum atomic E-state index is 10.2. The zero-order valence-electron chi connectivity index (χ0n) is 13.7. The Labute approximate surface area is 142 Å². The Morgan fingerprint density at radius 1 is 1.25 bits per heavy atom. The van der Waals surface area contributed by atoms with E-state index in [1.54, 1.807) is 0 Å². The Bertz CT molecular complexity index is 638. The van der Waals surface area contributed by atoms with Gasteiger partial charge in [0.25, 0.3) is 0 Å². The van der Waals surface area contributed by atoms with Crippen molar-refractivity contribution in [1.82, 2.24) is 9.97 Å². The van der Waals surface area contributed by atoms with E-state index >= 15 is 0 Å². The van der Waals surface area contributed by atoms with Crippen LogP contribution in [0.15, 0.2) is 42.7 Å². The second-order valence-corrected chi connectivity index (χ2v) is 6.16. The number of anilines is 2. The van der Waals surface area contributed by atoms with Crippen LogP contribution in [0.4, 0.5) is 11.6 Å². The van der Waals surface area contributed by atoms with Gasteiger partial charge in [0.05, 0.1) is 18.8 Å². The highest BCUT2D eigenvalue weighted by atomic mass is 16.3. The molecule has 0 amide bonds. The lowest BCUT2D eigenvalue weighted by molar-refractivity contribution is 0.188. The van der Waals surface area contributed by atoms with Gasteiger partial charge in [-0.1, -0.05) is 30.3 Å². The summed E-state index contributed by atoms with van der Waals surface area (Å²) in [4.78, 5) is 10.7. The average molecular weight is 328 g/mol. The summed E-state index contributed by atoms with van der Waals surface area (Å²) in [6.07, 6.45) is 3.69. The summed E-state index contributed by atoms with van der Waals surface area (Å²) < 4.78 is 0. The van der Waals surface area contributed by atoms with Crippen LogP contribution in [0, 0.1) is 0 Å². The van der Waals surface area contributed by atoms with Crippen molar-refractivity contribution in [2.75, 3.05) is 29.9 Å². The standard InChI is InChI=1S/C18H24N4O2/c23-12-15-7-4-8-22(15)18-10-17(20-13-21-18)19-11-16(24)9-14-5-2-1-3-6-14/h1-3,5-6,10,13,15-16,23-24H,4,7-9,11-12H2,(H,19,20,21)/t15-,16+/m1/s1. The molecule has 0 bridgehead atoms. The summed E-state index contributed by atoms with van der Waals surface area (Å²) in [5.74, 6) is 1.51. The Morgan fingerprint density at radius 3 is 2.88 bits per heavy atom. The minimum absolute atomic E-state index is 0.136. The third-order valence-corrected chi connectivity index (χ3v) is 4.37. The topological polar surface area (TPSA) is 81.5 Å². The first-order valence-corrected chi connectivity index (χ1v) is 8.41. The van der Waals surface area contributed by atoms with Crippen LogP contribution in [0.3, 0.4) is 0 Å². The molecule has 0 spiro atoms. The van der Waals surface area contributed by atoms with Gasteiger partial charge in [-0.2, -0.15) is 0 Å². The van der Waals surface area contributed by atoms with E-state index in [1.165, 1.54) is 6.33 Å². The normalized spacial score (nSPS) is 18.6. The van der Waals surface area contributed by atoms with Crippen LogP contribution in [0.1, 0.15) is 18.4 Å². The number of hydrogen-bond acceptors (Lipinski definition) is 6. The van der Waals surface area contributed by atoms with Gasteiger partial charge < -0.3 is 20.4 Å². The van der Waals surface area contributed by atoms with Gasteiger partial charge in [0, 0.05) is 25.6 Å². The highest BCUT2D eigenvalue weighted by Crippen LogP contribution is 2.24. The van der Waals surface area contributed by atoms with Gasteiger partial charge in [-0.15, -0.1) is 0 Å². The SMILES string of the molecule is OC[C@H]1CCCN1c1cc(NC[C@@H](O)Cc2ccccc2)ncn1. The average Bonchev–Trinajstić information content (AvgIpc) is 3.10. The lowest BCUT2D eigenvalue weighted by atomic mass is 10.1. The van der Waals surface area contributed by atoms with E-state index in [9.17, 15) is 10.2 Å². The molecular weight excluding hydrogens is 304 g/mol. The highest BCUT2D eigenvalue weighted by molar-refractivity contribution is 5.49. The van der Waals surface area contributed by atoms with Gasteiger partial charge in [-0.3, -0.25) is 0 Å². The zero-order chi connectivity index (χ0) is 16.8. The summed E-state index contributed by atoms with van der Waals surface area (Å²) in [5.41, 5.74) is 1.11. The molecule has 2 heterocycles. The van der Waals surface area contributed by atoms with Crippen molar-refractivity contribution < 1.29 is 10.2 Å². The lowest BCUT2D eigenvalue weighted by Crippen LogP contribution is -2.32. The Morgan fingerprint density at radius 2 is 2.08 bits per heavy atom. The molecule has 1 fully saturated rings. The van der Waals surface area contributed by atoms with E-state index in [0.717, 1.165) is 30.8 Å². The molecular formula is C18H24N4O2. The van der Waals surface area contributed by atoms with Crippen molar-refractivity contribution >= 4 is 11.6 Å². The summed E-state index contributed by atoms with van der Waals surface area (Å²) in [6.45, 7) is 1.47. The van der Waals surface area contributed by atoms with E-state index in [0.29, 0.717) is 18.8 Å². The molecule has 128 valence electrons. The molecule has 0 unspecified atom stereocenters. The van der Waals surface area contributed by atoms with Crippen molar-refractivity contribution in [3.8, 4) is 0 Å². The Balaban J connectivity index is 1.56. The monoisotopic (exact) mass is 328 g/mol. The van der Waals surface area contributed by atoms with E-state index < -0.39 is 6.10 Å². The zero-order valence-corrected chi connectivity index (χ0v) is 13.7. The molecule has 1 aliphatic rings. The number of benzene rings is 1. The number of nitrogens with one attached hydrogen (secondary N) is 1. The van der Waals surface area contributed by atoms with E-state index in [-0.39, 0.29) is 12.6 Å². The van der Waals surface area contributed by atoms with Gasteiger partial charge in [0.1, 0.15) is 18.0 Å². The predicted molar refractivity (Wildman–Crippen MR) is 94.1 cm³/mol. The maximum absolute atomic E-state index is 10.2. The van der Waals surface area contributed by atoms with Crippen LogP contribution in [-0.4, -0.2) is 52.0 Å². The summed E-state index contributed by atoms with van der Waals surface area (Å²) in [5, 5.41) is 22.8. The molecule has 1 aromatic heterocycles. The van der Waals surface area contributed by atoms with Gasteiger partial charge in [-0.25, -0.2) is 9.97 Å². The third kappa shape index (κ3) is 4.21. The molecule has 24 heavy (non-hydrogen) atoms. The van der Waals surface area contributed by atoms with Crippen molar-refractivity contribution in [2.24, 2.45) is 0 Å². The van der Waals surface area contributed by atoms with Crippen molar-refractivity contribution in [3.63, 3.8) is 0 Å². The molecule has 0 aliphatic carbocycles. The molecule has 1 saturated heterocycles. The second-order valence-electron chi connectivity index (χ2n) is 6.16. The van der Waals surface area contributed by atoms with Crippen LogP contribution < -0.4 is 10.2 Å². The van der Waals surface area contributed by atoms with Crippen LogP contribution in [0.25, 0.3) is 0 Å². The van der Waals surface area contributed by atoms with Crippen molar-refractivity contribution in [2.45, 2.75) is 31.4 Å². The summed E-state index contributed by atoms with van der Waals surface area (Å²) >= 11 is 0. The minimum atomic E-state index is -0.484. The van der Waals surface area contributed by atoms with Gasteiger partial charge in [0.15, 0.2) is 0 Å². The molecule has 0 radical (unpaired) electrons. The van der Waals surface area contributed by atoms with Crippen molar-refractivity contribution in [3.05, 3.63) is 48.3 Å². The number of aliphatic hydroxyl groups excluding tert-OH is 2. The van der Waals surface area contributed by atoms with Gasteiger partial charge in [0.2, 0.25) is 0 Å². The molecule has 6 heteroatoms. The molecule has 2 atom stereocenters. The molecule has 1 aromatic carbocycles. The first kappa shape index (κ1) is 16.7. The Hall–Kier alpha value is -2.18. The number of aliphatic hydroxyl groups is 2. The lowest BCUT2D eigenvalue weighted by Gasteiger charge is -2.24. The summed E-state index contributed by atoms with van der Waals surface area (Å²) in [6, 6.07) is 11.9. The fourth-order valence-corrected chi connectivity index (χ4v) is 3.11. The first-order valence-electron chi connectivity index (χ1n) is 8.41. The molecule has 0 saturated carbocycles. The first-order chi connectivity index (χ1) is 11.8. The quantitative estimate of drug-likeness (QED) is 0.714. The number of hydrogen-bond donors (Lipinski definition) is 3. The molecule has 2 aromatic rings. The molecule has 1 aliphatic heterocycles. The van der Waals surface area contributed by atoms with Gasteiger partial charge in [-0.05, 0) is 18.4 Å². The smallest absolute Gasteiger partial charge is 0.134 e. The minimum Gasteiger partial charge on any atom is -0.394 e. The fourth-order valence-electron chi connectivity index (χ4n) is 3.11. The largest absolute Gasteiger partial charge is 0.394 e. The van der Waals surface area contributed by atoms with Crippen LogP contribution >= 0.6 is 0 Å². The van der Waals surface area contributed by atoms with Crippen LogP contribution in [0.5, 0.6) is 0 Å². The van der Waals surface area contributed by atoms with E-state index in [1.807, 2.05) is 36.4 Å². The van der Waals surface area contributed by atoms with E-state index in [4.69, 9.17) is 0 Å². The fraction of sp³-hybridized carbons (Fsp3) is 0.444. The van der Waals surface area contributed by atoms with E-state index in [2.05, 4.69) is 20.2 Å². The predicted octanol–water partition coefficient (Wildman–Crippen LogP) is 1.45. The second kappa shape index (κ2) is 8.08. The molecule has 3 rings (SSSR count). The molecule has 6 nitrogen and oxygen atoms in total. The number of aromatic nitrogens is 2. The number of rotatable bonds is 7. The Kier molecular flexibility index (Phi) is 5.61. The number of nitrogens with zero attached hydrogens (tertiary/aromatic N) is 3. The van der Waals surface area contributed by atoms with Crippen molar-refractivity contribution in [1.29, 1.82) is 0 Å².